The van der Waals surface area contributed by atoms with Crippen LogP contribution in [0.25, 0.3) is 0 Å². The van der Waals surface area contributed by atoms with E-state index in [0.29, 0.717) is 15.6 Å². The zero-order valence-electron chi connectivity index (χ0n) is 20.7. The van der Waals surface area contributed by atoms with Gasteiger partial charge in [0.25, 0.3) is 0 Å². The highest BCUT2D eigenvalue weighted by Gasteiger charge is 2.67. The Morgan fingerprint density at radius 2 is 1.62 bits per heavy atom. The van der Waals surface area contributed by atoms with Crippen LogP contribution in [0.5, 0.6) is 0 Å². The molecule has 0 spiro atoms. The minimum absolute atomic E-state index is 0.00465. The van der Waals surface area contributed by atoms with Crippen LogP contribution in [0.1, 0.15) is 39.9 Å². The van der Waals surface area contributed by atoms with E-state index >= 15 is 4.39 Å². The number of anilines is 1. The third-order valence-corrected chi connectivity index (χ3v) is 8.43. The van der Waals surface area contributed by atoms with Crippen LogP contribution in [-0.4, -0.2) is 28.6 Å². The van der Waals surface area contributed by atoms with Crippen molar-refractivity contribution in [1.29, 1.82) is 0 Å². The lowest BCUT2D eigenvalue weighted by Gasteiger charge is -2.11. The molecule has 0 aliphatic heterocycles. The molecule has 210 valence electrons. The van der Waals surface area contributed by atoms with Gasteiger partial charge in [0.15, 0.2) is 5.78 Å². The van der Waals surface area contributed by atoms with Crippen LogP contribution >= 0.6 is 58.0 Å². The van der Waals surface area contributed by atoms with E-state index in [1.165, 1.54) is 18.2 Å². The molecule has 1 amide bonds. The van der Waals surface area contributed by atoms with Crippen molar-refractivity contribution in [3.63, 3.8) is 0 Å². The van der Waals surface area contributed by atoms with Gasteiger partial charge in [-0.05, 0) is 54.4 Å². The summed E-state index contributed by atoms with van der Waals surface area (Å²) in [6, 6.07) is 11.2. The molecule has 5 nitrogen and oxygen atoms in total. The molecule has 0 unspecified atom stereocenters. The van der Waals surface area contributed by atoms with Gasteiger partial charge < -0.3 is 10.1 Å². The summed E-state index contributed by atoms with van der Waals surface area (Å²) in [6.45, 7) is 1.62. The number of amides is 1. The summed E-state index contributed by atoms with van der Waals surface area (Å²) < 4.78 is 32.6. The molecule has 0 heterocycles. The first kappa shape index (κ1) is 30.5. The van der Waals surface area contributed by atoms with Crippen molar-refractivity contribution in [2.45, 2.75) is 30.0 Å². The summed E-state index contributed by atoms with van der Waals surface area (Å²) in [5.41, 5.74) is 0.226. The standard InChI is InChI=1S/C28H20Cl5F2NO4/c1-2-40-23(38)12-17-21(34)8-4-14(26(17)35)10-22(37)16-11-15(5-7-18(16)29)36-27(39)25-24(28(25,32)33)13-3-6-19(30)20(31)9-13/h3-9,11,24-25H,2,10,12H2,1H3,(H,36,39)/t24-,25+/m0/s1. The van der Waals surface area contributed by atoms with E-state index in [1.54, 1.807) is 25.1 Å². The Bertz CT molecular complexity index is 1510. The molecule has 40 heavy (non-hydrogen) atoms. The first-order chi connectivity index (χ1) is 18.8. The van der Waals surface area contributed by atoms with Crippen molar-refractivity contribution in [3.05, 3.63) is 97.5 Å². The quantitative estimate of drug-likeness (QED) is 0.145. The SMILES string of the molecule is CCOC(=O)Cc1c(F)ccc(CC(=O)c2cc(NC(=O)[C@H]3[C@H](c4ccc(Cl)c(Cl)c4)C3(Cl)Cl)ccc2Cl)c1F. The van der Waals surface area contributed by atoms with Crippen molar-refractivity contribution in [1.82, 2.24) is 0 Å². The Balaban J connectivity index is 1.51. The lowest BCUT2D eigenvalue weighted by molar-refractivity contribution is -0.142. The van der Waals surface area contributed by atoms with Crippen LogP contribution in [0.2, 0.25) is 15.1 Å². The molecule has 1 N–H and O–H groups in total. The number of carbonyl (C=O) groups is 3. The molecule has 1 fully saturated rings. The summed E-state index contributed by atoms with van der Waals surface area (Å²) in [5.74, 6) is -5.24. The van der Waals surface area contributed by atoms with Crippen LogP contribution in [0.4, 0.5) is 14.5 Å². The Hall–Kier alpha value is -2.42. The predicted molar refractivity (Wildman–Crippen MR) is 152 cm³/mol. The van der Waals surface area contributed by atoms with Crippen molar-refractivity contribution >= 4 is 81.4 Å². The van der Waals surface area contributed by atoms with E-state index in [4.69, 9.17) is 62.7 Å². The zero-order valence-corrected chi connectivity index (χ0v) is 24.5. The molecule has 0 aromatic heterocycles. The average Bonchev–Trinajstić information content (AvgIpc) is 3.48. The summed E-state index contributed by atoms with van der Waals surface area (Å²) in [4.78, 5) is 37.9. The predicted octanol–water partition coefficient (Wildman–Crippen LogP) is 7.98. The molecule has 0 bridgehead atoms. The number of Topliss-reactive ketones (excluding diaryl/α,β-unsaturated/α-hetero) is 1. The third-order valence-electron chi connectivity index (χ3n) is 6.42. The first-order valence-electron chi connectivity index (χ1n) is 11.9. The number of nitrogens with one attached hydrogen (secondary N) is 1. The van der Waals surface area contributed by atoms with Crippen LogP contribution in [-0.2, 0) is 27.2 Å². The van der Waals surface area contributed by atoms with Gasteiger partial charge in [0, 0.05) is 29.2 Å². The van der Waals surface area contributed by atoms with Crippen LogP contribution in [0.15, 0.2) is 48.5 Å². The van der Waals surface area contributed by atoms with Crippen molar-refractivity contribution in [2.75, 3.05) is 11.9 Å². The number of ether oxygens (including phenoxy) is 1. The van der Waals surface area contributed by atoms with Gasteiger partial charge in [-0.25, -0.2) is 8.78 Å². The molecule has 0 saturated heterocycles. The number of rotatable bonds is 9. The van der Waals surface area contributed by atoms with E-state index in [-0.39, 0.29) is 28.4 Å². The fraction of sp³-hybridized carbons (Fsp3) is 0.250. The van der Waals surface area contributed by atoms with E-state index < -0.39 is 63.9 Å². The number of ketones is 1. The highest BCUT2D eigenvalue weighted by atomic mass is 35.5. The fourth-order valence-electron chi connectivity index (χ4n) is 4.38. The fourth-order valence-corrected chi connectivity index (χ4v) is 5.74. The molecule has 1 aliphatic carbocycles. The maximum Gasteiger partial charge on any atom is 0.310 e. The minimum atomic E-state index is -1.40. The van der Waals surface area contributed by atoms with Gasteiger partial charge >= 0.3 is 5.97 Å². The van der Waals surface area contributed by atoms with Crippen LogP contribution in [0, 0.1) is 17.6 Å². The maximum atomic E-state index is 15.0. The van der Waals surface area contributed by atoms with Crippen LogP contribution < -0.4 is 5.32 Å². The number of benzene rings is 3. The second kappa shape index (κ2) is 12.2. The molecular weight excluding hydrogens is 630 g/mol. The summed E-state index contributed by atoms with van der Waals surface area (Å²) in [7, 11) is 0. The normalized spacial score (nSPS) is 17.3. The topological polar surface area (TPSA) is 72.5 Å². The smallest absolute Gasteiger partial charge is 0.310 e. The van der Waals surface area contributed by atoms with Crippen molar-refractivity contribution in [2.24, 2.45) is 5.92 Å². The summed E-state index contributed by atoms with van der Waals surface area (Å²) in [6.07, 6.45) is -1.10. The Labute approximate surface area is 253 Å². The lowest BCUT2D eigenvalue weighted by Crippen LogP contribution is -2.17. The van der Waals surface area contributed by atoms with E-state index in [0.717, 1.165) is 12.1 Å². The number of esters is 1. The summed E-state index contributed by atoms with van der Waals surface area (Å²) in [5, 5.41) is 3.37. The van der Waals surface area contributed by atoms with Gasteiger partial charge in [0.1, 0.15) is 16.0 Å². The second-order valence-electron chi connectivity index (χ2n) is 9.07. The largest absolute Gasteiger partial charge is 0.466 e. The van der Waals surface area contributed by atoms with E-state index in [2.05, 4.69) is 5.32 Å². The number of hydrogen-bond donors (Lipinski definition) is 1. The first-order valence-corrected chi connectivity index (χ1v) is 13.8. The molecule has 0 radical (unpaired) electrons. The molecule has 4 rings (SSSR count). The number of carbonyl (C=O) groups excluding carboxylic acids is 3. The molecular formula is C28H20Cl5F2NO4. The third kappa shape index (κ3) is 6.39. The monoisotopic (exact) mass is 647 g/mol. The van der Waals surface area contributed by atoms with Crippen LogP contribution in [0.3, 0.4) is 0 Å². The van der Waals surface area contributed by atoms with Crippen molar-refractivity contribution in [3.8, 4) is 0 Å². The molecule has 3 aromatic rings. The molecule has 1 aliphatic rings. The maximum absolute atomic E-state index is 15.0. The van der Waals surface area contributed by atoms with Gasteiger partial charge in [-0.3, -0.25) is 14.4 Å². The second-order valence-corrected chi connectivity index (χ2v) is 11.7. The molecule has 12 heteroatoms. The average molecular weight is 650 g/mol. The van der Waals surface area contributed by atoms with Gasteiger partial charge in [0.2, 0.25) is 5.91 Å². The summed E-state index contributed by atoms with van der Waals surface area (Å²) >= 11 is 31.1. The Kier molecular flexibility index (Phi) is 9.32. The molecule has 3 aromatic carbocycles. The molecule has 2 atom stereocenters. The zero-order chi connectivity index (χ0) is 29.4. The van der Waals surface area contributed by atoms with Crippen molar-refractivity contribution < 1.29 is 27.9 Å². The molecule has 1 saturated carbocycles. The Morgan fingerprint density at radius 1 is 0.925 bits per heavy atom. The Morgan fingerprint density at radius 3 is 2.30 bits per heavy atom. The van der Waals surface area contributed by atoms with Gasteiger partial charge in [-0.2, -0.15) is 0 Å². The van der Waals surface area contributed by atoms with E-state index in [1.807, 2.05) is 0 Å². The minimum Gasteiger partial charge on any atom is -0.466 e. The van der Waals surface area contributed by atoms with Gasteiger partial charge in [0.05, 0.1) is 34.0 Å². The van der Waals surface area contributed by atoms with Gasteiger partial charge in [-0.15, -0.1) is 23.2 Å². The number of alkyl halides is 2. The highest BCUT2D eigenvalue weighted by Crippen LogP contribution is 2.65. The number of hydrogen-bond acceptors (Lipinski definition) is 4. The highest BCUT2D eigenvalue weighted by molar-refractivity contribution is 6.53. The lowest BCUT2D eigenvalue weighted by atomic mass is 9.98. The van der Waals surface area contributed by atoms with E-state index in [9.17, 15) is 18.8 Å². The van der Waals surface area contributed by atoms with Gasteiger partial charge in [-0.1, -0.05) is 46.9 Å². The number of halogens is 7.